The highest BCUT2D eigenvalue weighted by molar-refractivity contribution is 6.27. The predicted octanol–water partition coefficient (Wildman–Crippen LogP) is 11.8. The highest BCUT2D eigenvalue weighted by Crippen LogP contribution is 2.45. The summed E-state index contributed by atoms with van der Waals surface area (Å²) in [7, 11) is 0. The van der Waals surface area contributed by atoms with Crippen LogP contribution in [0.5, 0.6) is 0 Å². The molecule has 0 aliphatic rings. The van der Waals surface area contributed by atoms with Crippen molar-refractivity contribution in [3.8, 4) is 22.5 Å². The van der Waals surface area contributed by atoms with E-state index in [1.54, 1.807) is 0 Å². The van der Waals surface area contributed by atoms with Gasteiger partial charge in [-0.1, -0.05) is 109 Å². The van der Waals surface area contributed by atoms with Crippen LogP contribution in [0.2, 0.25) is 0 Å². The van der Waals surface area contributed by atoms with E-state index >= 15 is 0 Å². The van der Waals surface area contributed by atoms with Gasteiger partial charge in [-0.25, -0.2) is 4.98 Å². The highest BCUT2D eigenvalue weighted by atomic mass is 15.1. The van der Waals surface area contributed by atoms with Gasteiger partial charge in [-0.05, 0) is 86.4 Å². The fourth-order valence-electron chi connectivity index (χ4n) is 8.30. The Bertz CT molecular complexity index is 3000. The van der Waals surface area contributed by atoms with Crippen molar-refractivity contribution in [2.45, 2.75) is 0 Å². The molecule has 0 aliphatic carbocycles. The first kappa shape index (κ1) is 25.7. The summed E-state index contributed by atoms with van der Waals surface area (Å²) in [5, 5.41) is 12.6. The van der Waals surface area contributed by atoms with Crippen LogP contribution in [0.4, 0.5) is 0 Å². The molecular formula is C45H27N3. The van der Waals surface area contributed by atoms with E-state index in [2.05, 4.69) is 161 Å². The molecular weight excluding hydrogens is 583 g/mol. The summed E-state index contributed by atoms with van der Waals surface area (Å²) in [6.45, 7) is 0. The standard InChI is InChI=1S/C45H27N3/c1-2-13-31(14-3-1)47-41-27-32(48-40-20-5-4-15-33(40)38-19-9-25-46-45(38)48)23-24-34(41)36-17-8-18-37(44(36)47)39-26-30-12-6-10-28-21-22-29-11-7-16-35(39)43(29)42(28)30/h1-27H. The van der Waals surface area contributed by atoms with Gasteiger partial charge in [-0.2, -0.15) is 0 Å². The minimum absolute atomic E-state index is 0.967. The molecule has 0 amide bonds. The molecule has 48 heavy (non-hydrogen) atoms. The zero-order chi connectivity index (χ0) is 31.3. The van der Waals surface area contributed by atoms with Gasteiger partial charge in [-0.15, -0.1) is 0 Å². The maximum absolute atomic E-state index is 4.88. The van der Waals surface area contributed by atoms with Crippen LogP contribution < -0.4 is 0 Å². The largest absolute Gasteiger partial charge is 0.309 e. The average Bonchev–Trinajstić information content (AvgIpc) is 3.67. The molecule has 0 unspecified atom stereocenters. The number of benzene rings is 8. The second-order valence-electron chi connectivity index (χ2n) is 12.8. The molecule has 0 aliphatic heterocycles. The second-order valence-corrected chi connectivity index (χ2v) is 12.8. The Balaban J connectivity index is 1.28. The highest BCUT2D eigenvalue weighted by Gasteiger charge is 2.21. The van der Waals surface area contributed by atoms with Gasteiger partial charge in [0.1, 0.15) is 5.65 Å². The number of nitrogens with zero attached hydrogens (tertiary/aromatic N) is 3. The van der Waals surface area contributed by atoms with Crippen molar-refractivity contribution in [3.63, 3.8) is 0 Å². The number of rotatable bonds is 3. The van der Waals surface area contributed by atoms with Crippen molar-refractivity contribution in [1.82, 2.24) is 14.1 Å². The van der Waals surface area contributed by atoms with E-state index in [4.69, 9.17) is 4.98 Å². The monoisotopic (exact) mass is 609 g/mol. The molecule has 3 aromatic heterocycles. The van der Waals surface area contributed by atoms with Crippen molar-refractivity contribution in [2.75, 3.05) is 0 Å². The van der Waals surface area contributed by atoms with E-state index in [-0.39, 0.29) is 0 Å². The molecule has 0 bridgehead atoms. The third-order valence-corrected chi connectivity index (χ3v) is 10.3. The predicted molar refractivity (Wildman–Crippen MR) is 202 cm³/mol. The topological polar surface area (TPSA) is 22.8 Å². The molecule has 0 atom stereocenters. The van der Waals surface area contributed by atoms with Crippen LogP contribution in [0.3, 0.4) is 0 Å². The summed E-state index contributed by atoms with van der Waals surface area (Å²) in [4.78, 5) is 4.88. The number of hydrogen-bond acceptors (Lipinski definition) is 1. The van der Waals surface area contributed by atoms with Gasteiger partial charge in [-0.3, -0.25) is 4.57 Å². The van der Waals surface area contributed by atoms with E-state index in [9.17, 15) is 0 Å². The van der Waals surface area contributed by atoms with Crippen LogP contribution >= 0.6 is 0 Å². The lowest BCUT2D eigenvalue weighted by Crippen LogP contribution is -1.98. The molecule has 0 saturated heterocycles. The lowest BCUT2D eigenvalue weighted by molar-refractivity contribution is 1.13. The van der Waals surface area contributed by atoms with E-state index in [1.807, 2.05) is 12.3 Å². The Morgan fingerprint density at radius 1 is 0.375 bits per heavy atom. The molecule has 222 valence electrons. The summed E-state index contributed by atoms with van der Waals surface area (Å²) < 4.78 is 4.77. The first-order valence-corrected chi connectivity index (χ1v) is 16.5. The van der Waals surface area contributed by atoms with E-state index in [0.29, 0.717) is 0 Å². The van der Waals surface area contributed by atoms with Crippen LogP contribution in [0.15, 0.2) is 164 Å². The molecule has 11 rings (SSSR count). The van der Waals surface area contributed by atoms with Crippen LogP contribution in [0, 0.1) is 0 Å². The summed E-state index contributed by atoms with van der Waals surface area (Å²) >= 11 is 0. The number of fused-ring (bicyclic) bond motifs is 6. The number of hydrogen-bond donors (Lipinski definition) is 0. The Labute approximate surface area is 275 Å². The van der Waals surface area contributed by atoms with E-state index in [1.165, 1.54) is 70.6 Å². The van der Waals surface area contributed by atoms with Crippen molar-refractivity contribution in [2.24, 2.45) is 0 Å². The molecule has 0 N–H and O–H groups in total. The smallest absolute Gasteiger partial charge is 0.145 e. The first-order valence-electron chi connectivity index (χ1n) is 16.5. The summed E-state index contributed by atoms with van der Waals surface area (Å²) in [5.41, 5.74) is 9.22. The zero-order valence-corrected chi connectivity index (χ0v) is 25.9. The van der Waals surface area contributed by atoms with Crippen LogP contribution in [-0.4, -0.2) is 14.1 Å². The fraction of sp³-hybridized carbons (Fsp3) is 0. The molecule has 3 nitrogen and oxygen atoms in total. The molecule has 0 spiro atoms. The van der Waals surface area contributed by atoms with Gasteiger partial charge in [0, 0.05) is 44.7 Å². The normalized spacial score (nSPS) is 12.2. The number of para-hydroxylation sites is 3. The minimum Gasteiger partial charge on any atom is -0.309 e. The van der Waals surface area contributed by atoms with Crippen molar-refractivity contribution < 1.29 is 0 Å². The Morgan fingerprint density at radius 2 is 1.08 bits per heavy atom. The van der Waals surface area contributed by atoms with Crippen LogP contribution in [0.1, 0.15) is 0 Å². The average molecular weight is 610 g/mol. The zero-order valence-electron chi connectivity index (χ0n) is 25.9. The van der Waals surface area contributed by atoms with Crippen LogP contribution in [-0.2, 0) is 0 Å². The Kier molecular flexibility index (Phi) is 5.11. The quantitative estimate of drug-likeness (QED) is 0.183. The van der Waals surface area contributed by atoms with Crippen molar-refractivity contribution in [1.29, 1.82) is 0 Å². The van der Waals surface area contributed by atoms with Gasteiger partial charge in [0.25, 0.3) is 0 Å². The molecule has 11 aromatic rings. The van der Waals surface area contributed by atoms with Gasteiger partial charge in [0.05, 0.1) is 16.6 Å². The first-order chi connectivity index (χ1) is 23.8. The summed E-state index contributed by atoms with van der Waals surface area (Å²) in [6, 6.07) is 57.6. The molecule has 0 saturated carbocycles. The molecule has 3 heteroatoms. The summed E-state index contributed by atoms with van der Waals surface area (Å²) in [6.07, 6.45) is 1.89. The van der Waals surface area contributed by atoms with E-state index < -0.39 is 0 Å². The fourth-order valence-corrected chi connectivity index (χ4v) is 8.30. The number of aromatic nitrogens is 3. The van der Waals surface area contributed by atoms with Crippen LogP contribution in [0.25, 0.3) is 98.6 Å². The van der Waals surface area contributed by atoms with Gasteiger partial charge < -0.3 is 4.57 Å². The van der Waals surface area contributed by atoms with Crippen molar-refractivity contribution >= 4 is 76.1 Å². The molecule has 0 radical (unpaired) electrons. The third-order valence-electron chi connectivity index (χ3n) is 10.3. The minimum atomic E-state index is 0.967. The SMILES string of the molecule is c1ccc(-n2c3cc(-n4c5ccccc5c5cccnc54)ccc3c3cccc(-c4cc5cccc6ccc7cccc4c7c65)c32)cc1. The maximum atomic E-state index is 4.88. The van der Waals surface area contributed by atoms with Gasteiger partial charge in [0.2, 0.25) is 0 Å². The second kappa shape index (κ2) is 9.54. The van der Waals surface area contributed by atoms with Crippen molar-refractivity contribution in [3.05, 3.63) is 164 Å². The maximum Gasteiger partial charge on any atom is 0.145 e. The van der Waals surface area contributed by atoms with E-state index in [0.717, 1.165) is 27.9 Å². The van der Waals surface area contributed by atoms with Gasteiger partial charge in [0.15, 0.2) is 0 Å². The van der Waals surface area contributed by atoms with Gasteiger partial charge >= 0.3 is 0 Å². The lowest BCUT2D eigenvalue weighted by Gasteiger charge is -2.17. The molecule has 0 fully saturated rings. The summed E-state index contributed by atoms with van der Waals surface area (Å²) in [5.74, 6) is 0. The Morgan fingerprint density at radius 3 is 2.00 bits per heavy atom. The molecule has 8 aromatic carbocycles. The lowest BCUT2D eigenvalue weighted by atomic mass is 9.88. The molecule has 3 heterocycles. The Hall–Kier alpha value is -6.45. The third kappa shape index (κ3) is 3.40. The number of pyridine rings is 1.